The van der Waals surface area contributed by atoms with Gasteiger partial charge in [0, 0.05) is 22.6 Å². The highest BCUT2D eigenvalue weighted by molar-refractivity contribution is 7.15. The molecule has 1 N–H and O–H groups in total. The molecule has 0 atom stereocenters. The van der Waals surface area contributed by atoms with E-state index in [2.05, 4.69) is 19.2 Å². The largest absolute Gasteiger partial charge is 0.497 e. The van der Waals surface area contributed by atoms with Gasteiger partial charge in [-0.25, -0.2) is 4.79 Å². The summed E-state index contributed by atoms with van der Waals surface area (Å²) >= 11 is 1.28. The number of ether oxygens (including phenoxy) is 3. The molecule has 1 amide bonds. The molecule has 1 heterocycles. The number of carbonyl (C=O) groups excluding carboxylic acids is 2. The second kappa shape index (κ2) is 10.3. The molecule has 3 aromatic rings. The van der Waals surface area contributed by atoms with E-state index in [1.807, 2.05) is 29.6 Å². The van der Waals surface area contributed by atoms with Crippen molar-refractivity contribution in [3.63, 3.8) is 0 Å². The zero-order valence-electron chi connectivity index (χ0n) is 18.9. The van der Waals surface area contributed by atoms with Crippen molar-refractivity contribution >= 4 is 28.2 Å². The molecule has 0 aliphatic rings. The summed E-state index contributed by atoms with van der Waals surface area (Å²) in [6.07, 6.45) is 0. The summed E-state index contributed by atoms with van der Waals surface area (Å²) < 4.78 is 15.8. The quantitative estimate of drug-likeness (QED) is 0.425. The lowest BCUT2D eigenvalue weighted by Crippen LogP contribution is -2.15. The van der Waals surface area contributed by atoms with Crippen LogP contribution in [0.4, 0.5) is 5.00 Å². The molecule has 0 radical (unpaired) electrons. The van der Waals surface area contributed by atoms with Crippen molar-refractivity contribution in [2.24, 2.45) is 0 Å². The number of amides is 1. The third-order valence-corrected chi connectivity index (χ3v) is 5.90. The van der Waals surface area contributed by atoms with E-state index in [9.17, 15) is 9.59 Å². The Labute approximate surface area is 192 Å². The maximum absolute atomic E-state index is 13.0. The van der Waals surface area contributed by atoms with Crippen LogP contribution in [0.5, 0.6) is 11.5 Å². The minimum absolute atomic E-state index is 0.237. The molecular weight excluding hydrogens is 426 g/mol. The van der Waals surface area contributed by atoms with Gasteiger partial charge in [0.2, 0.25) is 0 Å². The van der Waals surface area contributed by atoms with Crippen LogP contribution in [0.1, 0.15) is 53.0 Å². The van der Waals surface area contributed by atoms with Crippen LogP contribution in [-0.2, 0) is 4.74 Å². The number of benzene rings is 2. The van der Waals surface area contributed by atoms with E-state index in [0.29, 0.717) is 33.5 Å². The molecular formula is C25H27NO5S. The SMILES string of the molecule is CCOC(=O)c1c(-c2ccc(C(C)C)cc2)csc1NC(=O)c1cc(OC)cc(OC)c1. The summed E-state index contributed by atoms with van der Waals surface area (Å²) in [5, 5.41) is 5.14. The molecule has 3 rings (SSSR count). The minimum Gasteiger partial charge on any atom is -0.497 e. The van der Waals surface area contributed by atoms with Crippen molar-refractivity contribution in [1.29, 1.82) is 0 Å². The van der Waals surface area contributed by atoms with Crippen molar-refractivity contribution in [2.45, 2.75) is 26.7 Å². The molecule has 0 unspecified atom stereocenters. The van der Waals surface area contributed by atoms with Crippen molar-refractivity contribution in [1.82, 2.24) is 0 Å². The molecule has 2 aromatic carbocycles. The van der Waals surface area contributed by atoms with E-state index in [0.717, 1.165) is 11.1 Å². The van der Waals surface area contributed by atoms with Gasteiger partial charge < -0.3 is 19.5 Å². The van der Waals surface area contributed by atoms with E-state index >= 15 is 0 Å². The number of thiophene rings is 1. The Morgan fingerprint density at radius 2 is 1.62 bits per heavy atom. The first-order valence-electron chi connectivity index (χ1n) is 10.3. The molecule has 0 bridgehead atoms. The highest BCUT2D eigenvalue weighted by Crippen LogP contribution is 2.37. The molecule has 0 saturated carbocycles. The van der Waals surface area contributed by atoms with Crippen LogP contribution in [0, 0.1) is 0 Å². The number of hydrogen-bond acceptors (Lipinski definition) is 6. The summed E-state index contributed by atoms with van der Waals surface area (Å²) in [6.45, 7) is 6.25. The normalized spacial score (nSPS) is 10.7. The van der Waals surface area contributed by atoms with Crippen LogP contribution in [0.25, 0.3) is 11.1 Å². The van der Waals surface area contributed by atoms with Crippen LogP contribution in [-0.4, -0.2) is 32.7 Å². The molecule has 168 valence electrons. The maximum atomic E-state index is 13.0. The maximum Gasteiger partial charge on any atom is 0.341 e. The van der Waals surface area contributed by atoms with Crippen LogP contribution in [0.2, 0.25) is 0 Å². The van der Waals surface area contributed by atoms with Crippen LogP contribution >= 0.6 is 11.3 Å². The Balaban J connectivity index is 1.98. The molecule has 6 nitrogen and oxygen atoms in total. The lowest BCUT2D eigenvalue weighted by Gasteiger charge is -2.11. The molecule has 1 aromatic heterocycles. The average molecular weight is 454 g/mol. The fourth-order valence-corrected chi connectivity index (χ4v) is 4.18. The summed E-state index contributed by atoms with van der Waals surface area (Å²) in [5.41, 5.74) is 3.52. The molecule has 0 aliphatic heterocycles. The summed E-state index contributed by atoms with van der Waals surface area (Å²) in [7, 11) is 3.04. The number of hydrogen-bond donors (Lipinski definition) is 1. The molecule has 32 heavy (non-hydrogen) atoms. The van der Waals surface area contributed by atoms with Crippen molar-refractivity contribution in [3.8, 4) is 22.6 Å². The van der Waals surface area contributed by atoms with Gasteiger partial charge in [-0.1, -0.05) is 38.1 Å². The first kappa shape index (κ1) is 23.3. The van der Waals surface area contributed by atoms with E-state index in [4.69, 9.17) is 14.2 Å². The van der Waals surface area contributed by atoms with Gasteiger partial charge in [0.05, 0.1) is 20.8 Å². The van der Waals surface area contributed by atoms with Gasteiger partial charge >= 0.3 is 5.97 Å². The van der Waals surface area contributed by atoms with Crippen LogP contribution in [0.15, 0.2) is 47.8 Å². The smallest absolute Gasteiger partial charge is 0.341 e. The van der Waals surface area contributed by atoms with Gasteiger partial charge in [0.25, 0.3) is 5.91 Å². The monoisotopic (exact) mass is 453 g/mol. The van der Waals surface area contributed by atoms with Gasteiger partial charge in [-0.3, -0.25) is 4.79 Å². The molecule has 0 spiro atoms. The lowest BCUT2D eigenvalue weighted by molar-refractivity contribution is 0.0529. The number of methoxy groups -OCH3 is 2. The Morgan fingerprint density at radius 3 is 2.16 bits per heavy atom. The second-order valence-electron chi connectivity index (χ2n) is 7.41. The number of nitrogens with one attached hydrogen (secondary N) is 1. The van der Waals surface area contributed by atoms with E-state index in [-0.39, 0.29) is 12.5 Å². The standard InChI is InChI=1S/C25H27NO5S/c1-6-31-25(28)22-21(17-9-7-16(8-10-17)15(2)3)14-32-24(22)26-23(27)18-11-19(29-4)13-20(12-18)30-5/h7-15H,6H2,1-5H3,(H,26,27). The number of rotatable bonds is 8. The molecule has 0 fully saturated rings. The Morgan fingerprint density at radius 1 is 1.00 bits per heavy atom. The Hall–Kier alpha value is -3.32. The van der Waals surface area contributed by atoms with Gasteiger partial charge in [-0.15, -0.1) is 11.3 Å². The van der Waals surface area contributed by atoms with Crippen molar-refractivity contribution in [3.05, 3.63) is 64.5 Å². The number of carbonyl (C=O) groups is 2. The van der Waals surface area contributed by atoms with Gasteiger partial charge in [-0.2, -0.15) is 0 Å². The first-order chi connectivity index (χ1) is 15.4. The third-order valence-electron chi connectivity index (χ3n) is 5.00. The van der Waals surface area contributed by atoms with Crippen molar-refractivity contribution in [2.75, 3.05) is 26.1 Å². The summed E-state index contributed by atoms with van der Waals surface area (Å²) in [6, 6.07) is 13.0. The topological polar surface area (TPSA) is 73.9 Å². The van der Waals surface area contributed by atoms with Gasteiger partial charge in [0.1, 0.15) is 22.1 Å². The predicted molar refractivity (Wildman–Crippen MR) is 127 cm³/mol. The highest BCUT2D eigenvalue weighted by atomic mass is 32.1. The number of anilines is 1. The fourth-order valence-electron chi connectivity index (χ4n) is 3.23. The predicted octanol–water partition coefficient (Wildman–Crippen LogP) is 5.98. The van der Waals surface area contributed by atoms with E-state index < -0.39 is 5.97 Å². The summed E-state index contributed by atoms with van der Waals surface area (Å²) in [4.78, 5) is 25.8. The van der Waals surface area contributed by atoms with E-state index in [1.54, 1.807) is 25.1 Å². The fraction of sp³-hybridized carbons (Fsp3) is 0.280. The molecule has 0 aliphatic carbocycles. The van der Waals surface area contributed by atoms with Gasteiger partial charge in [-0.05, 0) is 36.1 Å². The zero-order chi connectivity index (χ0) is 23.3. The highest BCUT2D eigenvalue weighted by Gasteiger charge is 2.23. The van der Waals surface area contributed by atoms with Gasteiger partial charge in [0.15, 0.2) is 0 Å². The lowest BCUT2D eigenvalue weighted by atomic mass is 9.98. The third kappa shape index (κ3) is 5.11. The second-order valence-corrected chi connectivity index (χ2v) is 8.29. The first-order valence-corrected chi connectivity index (χ1v) is 11.2. The molecule has 7 heteroatoms. The van der Waals surface area contributed by atoms with Crippen molar-refractivity contribution < 1.29 is 23.8 Å². The molecule has 0 saturated heterocycles. The number of esters is 1. The minimum atomic E-state index is -0.477. The van der Waals surface area contributed by atoms with E-state index in [1.165, 1.54) is 31.1 Å². The van der Waals surface area contributed by atoms with Crippen LogP contribution < -0.4 is 14.8 Å². The van der Waals surface area contributed by atoms with Crippen LogP contribution in [0.3, 0.4) is 0 Å². The average Bonchev–Trinajstić information content (AvgIpc) is 3.22. The zero-order valence-corrected chi connectivity index (χ0v) is 19.7. The Kier molecular flexibility index (Phi) is 7.53. The Bertz CT molecular complexity index is 1080. The summed E-state index contributed by atoms with van der Waals surface area (Å²) in [5.74, 6) is 0.548.